The van der Waals surface area contributed by atoms with Crippen molar-refractivity contribution in [3.63, 3.8) is 0 Å². The average Bonchev–Trinajstić information content (AvgIpc) is 3.29. The molecule has 0 bridgehead atoms. The zero-order chi connectivity index (χ0) is 47.8. The van der Waals surface area contributed by atoms with Crippen LogP contribution in [0.15, 0.2) is 72.9 Å². The normalized spacial score (nSPS) is 22.0. The molecule has 0 aromatic rings. The highest BCUT2D eigenvalue weighted by atomic mass is 31.2. The van der Waals surface area contributed by atoms with Gasteiger partial charge in [0.15, 0.2) is 6.10 Å². The third-order valence-corrected chi connectivity index (χ3v) is 12.0. The predicted octanol–water partition coefficient (Wildman–Crippen LogP) is 10.3. The lowest BCUT2D eigenvalue weighted by atomic mass is 9.85. The minimum atomic E-state index is -5.14. The monoisotopic (exact) mass is 939 g/mol. The first-order chi connectivity index (χ1) is 31.4. The summed E-state index contributed by atoms with van der Waals surface area (Å²) in [6.07, 6.45) is 38.0. The van der Waals surface area contributed by atoms with Gasteiger partial charge in [0.1, 0.15) is 43.2 Å². The topological polar surface area (TPSA) is 210 Å². The molecule has 14 heteroatoms. The lowest BCUT2D eigenvalue weighted by Gasteiger charge is -2.41. The van der Waals surface area contributed by atoms with Crippen LogP contribution in [0, 0.1) is 0 Å². The third-order valence-electron chi connectivity index (χ3n) is 11.0. The fourth-order valence-corrected chi connectivity index (χ4v) is 7.98. The molecule has 374 valence electrons. The van der Waals surface area contributed by atoms with Crippen molar-refractivity contribution < 1.29 is 63.1 Å². The molecule has 0 amide bonds. The molecule has 1 fully saturated rings. The van der Waals surface area contributed by atoms with E-state index in [0.717, 1.165) is 103 Å². The minimum Gasteiger partial charge on any atom is -0.462 e. The number of phosphoric ester groups is 1. The van der Waals surface area contributed by atoms with Gasteiger partial charge < -0.3 is 39.9 Å². The van der Waals surface area contributed by atoms with E-state index >= 15 is 0 Å². The second-order valence-electron chi connectivity index (χ2n) is 17.0. The number of carbonyl (C=O) groups excluding carboxylic acids is 2. The fourth-order valence-electron chi connectivity index (χ4n) is 7.01. The van der Waals surface area contributed by atoms with Gasteiger partial charge in [-0.25, -0.2) is 4.57 Å². The van der Waals surface area contributed by atoms with Gasteiger partial charge in [0, 0.05) is 12.8 Å². The number of hydrogen-bond acceptors (Lipinski definition) is 12. The van der Waals surface area contributed by atoms with Gasteiger partial charge in [0.25, 0.3) is 0 Å². The molecular formula is C51H87O13P. The standard InChI is InChI=1S/C51H87O13P/c1-3-5-7-9-11-13-15-17-19-21-22-24-26-28-30-32-34-36-38-40-45(53)63-43(42-62-65(59,60)64-51-49(57)47(55)46(54)48(56)50(51)58)41-61-44(52)39-37-35-33-31-29-27-25-23-20-18-16-14-12-10-8-6-4-2/h11-14,17-20,22,24,28,30,43,46-51,54-58H,3-10,15-16,21,23,25-27,29,31-42H2,1-2H3,(H,59,60)/b13-11+,14-12+,19-17+,20-18+,24-22+,30-28+/t43-,46?,47-,48?,49?,50?,51?/m1/s1. The molecule has 1 rings (SSSR count). The maximum atomic E-state index is 12.8. The number of hydrogen-bond donors (Lipinski definition) is 6. The summed E-state index contributed by atoms with van der Waals surface area (Å²) in [4.78, 5) is 35.8. The second-order valence-corrected chi connectivity index (χ2v) is 18.4. The molecule has 0 radical (unpaired) electrons. The SMILES string of the molecule is CCCCC/C=C/C/C=C/C/C=C/C/C=C/CCCCCC(=O)O[C@H](COC(=O)CCCCCCCCC/C=C/C/C=C/CCCCC)COP(=O)(O)OC1C(O)C(O)C(O)[C@@H](O)C1O. The number of rotatable bonds is 40. The summed E-state index contributed by atoms with van der Waals surface area (Å²) in [6.45, 7) is 3.22. The molecule has 0 aromatic heterocycles. The molecule has 0 saturated heterocycles. The molecule has 6 N–H and O–H groups in total. The van der Waals surface area contributed by atoms with Gasteiger partial charge in [-0.1, -0.05) is 151 Å². The number of ether oxygens (including phenoxy) is 2. The Bertz CT molecular complexity index is 1410. The van der Waals surface area contributed by atoms with Crippen LogP contribution in [-0.2, 0) is 32.7 Å². The van der Waals surface area contributed by atoms with Crippen LogP contribution in [0.3, 0.4) is 0 Å². The molecule has 0 aromatic carbocycles. The first-order valence-electron chi connectivity index (χ1n) is 24.7. The Hall–Kier alpha value is -2.71. The molecule has 13 nitrogen and oxygen atoms in total. The number of unbranched alkanes of at least 4 members (excludes halogenated alkanes) is 16. The number of carbonyl (C=O) groups is 2. The summed E-state index contributed by atoms with van der Waals surface area (Å²) in [5, 5.41) is 50.2. The summed E-state index contributed by atoms with van der Waals surface area (Å²) < 4.78 is 33.6. The van der Waals surface area contributed by atoms with Crippen molar-refractivity contribution in [2.24, 2.45) is 0 Å². The highest BCUT2D eigenvalue weighted by molar-refractivity contribution is 7.47. The molecule has 1 aliphatic carbocycles. The molecule has 8 atom stereocenters. The van der Waals surface area contributed by atoms with E-state index in [1.165, 1.54) is 38.5 Å². The van der Waals surface area contributed by atoms with Crippen molar-refractivity contribution in [3.8, 4) is 0 Å². The van der Waals surface area contributed by atoms with Crippen LogP contribution in [0.1, 0.15) is 181 Å². The van der Waals surface area contributed by atoms with Crippen LogP contribution in [0.25, 0.3) is 0 Å². The molecule has 65 heavy (non-hydrogen) atoms. The minimum absolute atomic E-state index is 0.0540. The Balaban J connectivity index is 2.47. The Labute approximate surface area is 391 Å². The van der Waals surface area contributed by atoms with Crippen molar-refractivity contribution in [3.05, 3.63) is 72.9 Å². The van der Waals surface area contributed by atoms with E-state index in [4.69, 9.17) is 18.5 Å². The lowest BCUT2D eigenvalue weighted by Crippen LogP contribution is -2.64. The Morgan fingerprint density at radius 1 is 0.477 bits per heavy atom. The molecule has 0 spiro atoms. The maximum Gasteiger partial charge on any atom is 0.472 e. The van der Waals surface area contributed by atoms with Crippen LogP contribution in [0.4, 0.5) is 0 Å². The number of aliphatic hydroxyl groups is 5. The fraction of sp³-hybridized carbons (Fsp3) is 0.725. The van der Waals surface area contributed by atoms with Crippen LogP contribution in [-0.4, -0.2) is 98.3 Å². The van der Waals surface area contributed by atoms with E-state index in [1.54, 1.807) is 0 Å². The van der Waals surface area contributed by atoms with E-state index in [1.807, 2.05) is 0 Å². The van der Waals surface area contributed by atoms with Crippen LogP contribution < -0.4 is 0 Å². The van der Waals surface area contributed by atoms with Gasteiger partial charge in [-0.05, 0) is 89.9 Å². The third kappa shape index (κ3) is 32.6. The van der Waals surface area contributed by atoms with Gasteiger partial charge in [0.2, 0.25) is 0 Å². The zero-order valence-corrected chi connectivity index (χ0v) is 40.7. The smallest absolute Gasteiger partial charge is 0.462 e. The number of esters is 2. The summed E-state index contributed by atoms with van der Waals surface area (Å²) in [6, 6.07) is 0. The van der Waals surface area contributed by atoms with Crippen molar-refractivity contribution in [1.82, 2.24) is 0 Å². The van der Waals surface area contributed by atoms with Gasteiger partial charge >= 0.3 is 19.8 Å². The largest absolute Gasteiger partial charge is 0.472 e. The average molecular weight is 939 g/mol. The van der Waals surface area contributed by atoms with Gasteiger partial charge in [-0.2, -0.15) is 0 Å². The predicted molar refractivity (Wildman–Crippen MR) is 258 cm³/mol. The van der Waals surface area contributed by atoms with Crippen molar-refractivity contribution in [2.45, 2.75) is 224 Å². The van der Waals surface area contributed by atoms with Crippen molar-refractivity contribution in [2.75, 3.05) is 13.2 Å². The zero-order valence-electron chi connectivity index (χ0n) is 39.8. The maximum absolute atomic E-state index is 12.8. The summed E-state index contributed by atoms with van der Waals surface area (Å²) in [5.41, 5.74) is 0. The number of phosphoric acid groups is 1. The van der Waals surface area contributed by atoms with Gasteiger partial charge in [-0.15, -0.1) is 0 Å². The molecule has 1 aliphatic rings. The van der Waals surface area contributed by atoms with Crippen LogP contribution >= 0.6 is 7.82 Å². The summed E-state index contributed by atoms with van der Waals surface area (Å²) in [5.74, 6) is -1.15. The van der Waals surface area contributed by atoms with E-state index in [2.05, 4.69) is 86.8 Å². The first-order valence-corrected chi connectivity index (χ1v) is 26.2. The molecule has 1 saturated carbocycles. The number of allylic oxidation sites excluding steroid dienone is 12. The van der Waals surface area contributed by atoms with E-state index in [9.17, 15) is 44.6 Å². The van der Waals surface area contributed by atoms with Crippen LogP contribution in [0.5, 0.6) is 0 Å². The van der Waals surface area contributed by atoms with E-state index < -0.39 is 75.7 Å². The van der Waals surface area contributed by atoms with E-state index in [0.29, 0.717) is 12.8 Å². The van der Waals surface area contributed by atoms with E-state index in [-0.39, 0.29) is 12.8 Å². The number of aliphatic hydroxyl groups excluding tert-OH is 5. The Morgan fingerprint density at radius 2 is 0.831 bits per heavy atom. The van der Waals surface area contributed by atoms with Gasteiger partial charge in [-0.3, -0.25) is 18.6 Å². The molecule has 6 unspecified atom stereocenters. The quantitative estimate of drug-likeness (QED) is 0.0146. The van der Waals surface area contributed by atoms with Gasteiger partial charge in [0.05, 0.1) is 6.61 Å². The first kappa shape index (κ1) is 60.3. The van der Waals surface area contributed by atoms with Crippen molar-refractivity contribution in [1.29, 1.82) is 0 Å². The molecule has 0 heterocycles. The highest BCUT2D eigenvalue weighted by Gasteiger charge is 2.51. The molecular weight excluding hydrogens is 852 g/mol. The van der Waals surface area contributed by atoms with Crippen LogP contribution in [0.2, 0.25) is 0 Å². The summed E-state index contributed by atoms with van der Waals surface area (Å²) in [7, 11) is -5.14. The summed E-state index contributed by atoms with van der Waals surface area (Å²) >= 11 is 0. The Morgan fingerprint density at radius 3 is 1.28 bits per heavy atom. The second kappa shape index (κ2) is 40.4. The molecule has 0 aliphatic heterocycles. The highest BCUT2D eigenvalue weighted by Crippen LogP contribution is 2.47. The van der Waals surface area contributed by atoms with Crippen molar-refractivity contribution >= 4 is 19.8 Å². The lowest BCUT2D eigenvalue weighted by molar-refractivity contribution is -0.220. The Kier molecular flexibility index (Phi) is 37.5.